The zero-order valence-electron chi connectivity index (χ0n) is 14.1. The van der Waals surface area contributed by atoms with E-state index in [4.69, 9.17) is 0 Å². The number of aliphatic hydroxyl groups is 1. The highest BCUT2D eigenvalue weighted by atomic mass is 32.1. The van der Waals surface area contributed by atoms with E-state index in [9.17, 15) is 18.7 Å². The fourth-order valence-corrected chi connectivity index (χ4v) is 2.75. The molecule has 0 saturated heterocycles. The summed E-state index contributed by atoms with van der Waals surface area (Å²) in [6, 6.07) is 6.08. The quantitative estimate of drug-likeness (QED) is 0.598. The van der Waals surface area contributed by atoms with Gasteiger partial charge in [0.05, 0.1) is 5.56 Å². The summed E-state index contributed by atoms with van der Waals surface area (Å²) in [5.74, 6) is -1.56. The minimum absolute atomic E-state index is 0.0375. The lowest BCUT2D eigenvalue weighted by Gasteiger charge is -2.25. The number of benzene rings is 1. The van der Waals surface area contributed by atoms with E-state index >= 15 is 0 Å². The number of halogens is 2. The van der Waals surface area contributed by atoms with E-state index in [-0.39, 0.29) is 18.0 Å². The van der Waals surface area contributed by atoms with E-state index in [2.05, 4.69) is 25.8 Å². The molecule has 3 aromatic rings. The zero-order valence-corrected chi connectivity index (χ0v) is 14.9. The smallest absolute Gasteiger partial charge is 0.259 e. The maximum absolute atomic E-state index is 13.9. The molecule has 0 fully saturated rings. The van der Waals surface area contributed by atoms with Gasteiger partial charge in [0.25, 0.3) is 5.91 Å². The molecule has 140 valence electrons. The van der Waals surface area contributed by atoms with Crippen LogP contribution in [0.5, 0.6) is 0 Å². The van der Waals surface area contributed by atoms with Gasteiger partial charge in [0.1, 0.15) is 28.6 Å². The first kappa shape index (κ1) is 18.8. The lowest BCUT2D eigenvalue weighted by Crippen LogP contribution is -2.32. The lowest BCUT2D eigenvalue weighted by molar-refractivity contribution is 0.0673. The van der Waals surface area contributed by atoms with Gasteiger partial charge in [-0.25, -0.2) is 13.8 Å². The molecular formula is C17H15F2N5O2S. The Balaban J connectivity index is 1.63. The number of amides is 1. The molecule has 0 radical (unpaired) electrons. The molecule has 27 heavy (non-hydrogen) atoms. The molecule has 0 spiro atoms. The minimum atomic E-state index is -1.59. The highest BCUT2D eigenvalue weighted by molar-refractivity contribution is 7.13. The number of carbonyl (C=O) groups is 1. The molecule has 3 N–H and O–H groups in total. The molecule has 0 aliphatic rings. The third kappa shape index (κ3) is 4.60. The summed E-state index contributed by atoms with van der Waals surface area (Å²) in [4.78, 5) is 16.1. The molecule has 7 nitrogen and oxygen atoms in total. The van der Waals surface area contributed by atoms with E-state index in [1.807, 2.05) is 0 Å². The van der Waals surface area contributed by atoms with E-state index in [1.165, 1.54) is 36.0 Å². The van der Waals surface area contributed by atoms with Gasteiger partial charge in [-0.2, -0.15) is 0 Å². The Bertz CT molecular complexity index is 933. The Labute approximate surface area is 157 Å². The minimum Gasteiger partial charge on any atom is -0.383 e. The number of pyridine rings is 1. The number of hydrogen-bond acceptors (Lipinski definition) is 7. The summed E-state index contributed by atoms with van der Waals surface area (Å²) in [6.45, 7) is 1.33. The maximum atomic E-state index is 13.9. The maximum Gasteiger partial charge on any atom is 0.259 e. The summed E-state index contributed by atoms with van der Waals surface area (Å²) >= 11 is 1.19. The summed E-state index contributed by atoms with van der Waals surface area (Å²) in [7, 11) is 0. The van der Waals surface area contributed by atoms with Gasteiger partial charge < -0.3 is 10.4 Å². The van der Waals surface area contributed by atoms with Crippen LogP contribution in [0.1, 0.15) is 22.8 Å². The van der Waals surface area contributed by atoms with Crippen LogP contribution in [0, 0.1) is 11.6 Å². The number of carbonyl (C=O) groups excluding carboxylic acids is 1. The van der Waals surface area contributed by atoms with E-state index in [0.717, 1.165) is 6.07 Å². The van der Waals surface area contributed by atoms with Gasteiger partial charge in [0.2, 0.25) is 5.13 Å². The molecule has 0 saturated carbocycles. The predicted octanol–water partition coefficient (Wildman–Crippen LogP) is 2.78. The van der Waals surface area contributed by atoms with Crippen LogP contribution in [0.3, 0.4) is 0 Å². The highest BCUT2D eigenvalue weighted by Gasteiger charge is 2.27. The summed E-state index contributed by atoms with van der Waals surface area (Å²) in [5, 5.41) is 23.6. The molecule has 0 bridgehead atoms. The van der Waals surface area contributed by atoms with E-state index < -0.39 is 17.2 Å². The van der Waals surface area contributed by atoms with Crippen molar-refractivity contribution in [3.05, 3.63) is 64.8 Å². The van der Waals surface area contributed by atoms with Crippen molar-refractivity contribution in [1.29, 1.82) is 0 Å². The Morgan fingerprint density at radius 2 is 2.11 bits per heavy atom. The fraction of sp³-hybridized carbons (Fsp3) is 0.176. The van der Waals surface area contributed by atoms with Crippen molar-refractivity contribution < 1.29 is 18.7 Å². The van der Waals surface area contributed by atoms with Crippen molar-refractivity contribution in [2.75, 3.05) is 17.2 Å². The molecule has 10 heteroatoms. The molecule has 2 aromatic heterocycles. The molecule has 1 unspecified atom stereocenters. The largest absolute Gasteiger partial charge is 0.383 e. The topological polar surface area (TPSA) is 100 Å². The van der Waals surface area contributed by atoms with Gasteiger partial charge in [0, 0.05) is 24.4 Å². The van der Waals surface area contributed by atoms with Crippen molar-refractivity contribution in [3.8, 4) is 0 Å². The number of nitrogens with one attached hydrogen (secondary N) is 2. The number of nitrogens with zero attached hydrogens (tertiary/aromatic N) is 3. The summed E-state index contributed by atoms with van der Waals surface area (Å²) in [5.41, 5.74) is 0.181. The van der Waals surface area contributed by atoms with Crippen LogP contribution in [0.15, 0.2) is 42.0 Å². The highest BCUT2D eigenvalue weighted by Crippen LogP contribution is 2.24. The van der Waals surface area contributed by atoms with E-state index in [1.54, 1.807) is 12.1 Å². The van der Waals surface area contributed by atoms with Gasteiger partial charge in [0.15, 0.2) is 0 Å². The van der Waals surface area contributed by atoms with Gasteiger partial charge in [-0.3, -0.25) is 10.1 Å². The molecule has 0 aliphatic carbocycles. The van der Waals surface area contributed by atoms with Gasteiger partial charge in [-0.05, 0) is 25.1 Å². The van der Waals surface area contributed by atoms with Gasteiger partial charge in [-0.1, -0.05) is 17.4 Å². The van der Waals surface area contributed by atoms with Crippen molar-refractivity contribution in [1.82, 2.24) is 15.2 Å². The van der Waals surface area contributed by atoms with Crippen molar-refractivity contribution in [3.63, 3.8) is 0 Å². The second-order valence-electron chi connectivity index (χ2n) is 5.88. The number of aromatic nitrogens is 3. The van der Waals surface area contributed by atoms with Gasteiger partial charge in [-0.15, -0.1) is 10.2 Å². The van der Waals surface area contributed by atoms with Crippen LogP contribution in [0.4, 0.5) is 19.7 Å². The Kier molecular flexibility index (Phi) is 5.38. The van der Waals surface area contributed by atoms with Crippen LogP contribution in [0.25, 0.3) is 0 Å². The SMILES string of the molecule is CC(O)(CNc1ccc(C(=O)Nc2nncs2)cn1)c1ccc(F)cc1F. The zero-order chi connectivity index (χ0) is 19.4. The van der Waals surface area contributed by atoms with Crippen molar-refractivity contribution in [2.45, 2.75) is 12.5 Å². The number of anilines is 2. The second kappa shape index (κ2) is 7.72. The molecule has 1 aromatic carbocycles. The van der Waals surface area contributed by atoms with Crippen LogP contribution < -0.4 is 10.6 Å². The molecule has 1 amide bonds. The molecule has 1 atom stereocenters. The number of rotatable bonds is 6. The molecule has 2 heterocycles. The van der Waals surface area contributed by atoms with E-state index in [0.29, 0.717) is 22.6 Å². The average molecular weight is 391 g/mol. The molecule has 0 aliphatic heterocycles. The predicted molar refractivity (Wildman–Crippen MR) is 96.5 cm³/mol. The van der Waals surface area contributed by atoms with Crippen LogP contribution in [-0.2, 0) is 5.60 Å². The Morgan fingerprint density at radius 1 is 1.30 bits per heavy atom. The van der Waals surface area contributed by atoms with Crippen LogP contribution in [-0.4, -0.2) is 32.7 Å². The third-order valence-corrected chi connectivity index (χ3v) is 4.34. The third-order valence-electron chi connectivity index (χ3n) is 3.73. The van der Waals surface area contributed by atoms with Crippen LogP contribution >= 0.6 is 11.3 Å². The second-order valence-corrected chi connectivity index (χ2v) is 6.71. The van der Waals surface area contributed by atoms with Crippen molar-refractivity contribution in [2.24, 2.45) is 0 Å². The lowest BCUT2D eigenvalue weighted by atomic mass is 9.95. The number of hydrogen-bond donors (Lipinski definition) is 3. The summed E-state index contributed by atoms with van der Waals surface area (Å²) in [6.07, 6.45) is 1.35. The first-order valence-corrected chi connectivity index (χ1v) is 8.68. The normalized spacial score (nSPS) is 13.0. The fourth-order valence-electron chi connectivity index (χ4n) is 2.31. The van der Waals surface area contributed by atoms with Crippen molar-refractivity contribution >= 4 is 28.2 Å². The van der Waals surface area contributed by atoms with Crippen LogP contribution in [0.2, 0.25) is 0 Å². The Hall–Kier alpha value is -2.98. The Morgan fingerprint density at radius 3 is 2.74 bits per heavy atom. The molecule has 3 rings (SSSR count). The first-order chi connectivity index (χ1) is 12.8. The average Bonchev–Trinajstić information content (AvgIpc) is 3.13. The first-order valence-electron chi connectivity index (χ1n) is 7.80. The molecular weight excluding hydrogens is 376 g/mol. The monoisotopic (exact) mass is 391 g/mol. The van der Waals surface area contributed by atoms with Gasteiger partial charge >= 0.3 is 0 Å². The standard InChI is InChI=1S/C17H15F2N5O2S/c1-17(26,12-4-3-11(18)6-13(12)19)8-21-14-5-2-10(7-20-14)15(25)23-16-24-22-9-27-16/h2-7,9,26H,8H2,1H3,(H,20,21)(H,23,24,25). The summed E-state index contributed by atoms with van der Waals surface area (Å²) < 4.78 is 26.9.